The summed E-state index contributed by atoms with van der Waals surface area (Å²) in [5, 5.41) is 7.96. The third-order valence-corrected chi connectivity index (χ3v) is 5.20. The van der Waals surface area contributed by atoms with Crippen molar-refractivity contribution >= 4 is 17.7 Å². The van der Waals surface area contributed by atoms with E-state index in [2.05, 4.69) is 25.4 Å². The molecule has 3 heterocycles. The third kappa shape index (κ3) is 6.56. The molecule has 3 aromatic rings. The zero-order chi connectivity index (χ0) is 25.4. The van der Waals surface area contributed by atoms with Crippen molar-refractivity contribution in [3.63, 3.8) is 0 Å². The average Bonchev–Trinajstić information content (AvgIpc) is 3.24. The van der Waals surface area contributed by atoms with Crippen molar-refractivity contribution in [1.29, 1.82) is 0 Å². The van der Waals surface area contributed by atoms with Gasteiger partial charge in [0.15, 0.2) is 11.5 Å². The van der Waals surface area contributed by atoms with E-state index in [0.717, 1.165) is 34.3 Å². The van der Waals surface area contributed by atoms with Crippen molar-refractivity contribution in [3.05, 3.63) is 77.2 Å². The second-order valence-corrected chi connectivity index (χ2v) is 7.85. The Labute approximate surface area is 207 Å². The van der Waals surface area contributed by atoms with Crippen LogP contribution in [0.3, 0.4) is 0 Å². The quantitative estimate of drug-likeness (QED) is 0.528. The van der Waals surface area contributed by atoms with Crippen molar-refractivity contribution in [3.8, 4) is 11.5 Å². The number of methoxy groups -OCH3 is 2. The molecule has 8 nitrogen and oxygen atoms in total. The van der Waals surface area contributed by atoms with Gasteiger partial charge in [-0.1, -0.05) is 32.1 Å². The molecular formula is C27H34N6O2. The van der Waals surface area contributed by atoms with Crippen LogP contribution in [0, 0.1) is 13.8 Å². The van der Waals surface area contributed by atoms with Crippen LogP contribution in [0.15, 0.2) is 53.7 Å². The van der Waals surface area contributed by atoms with E-state index in [1.807, 2.05) is 94.1 Å². The number of rotatable bonds is 7. The molecule has 2 aromatic heterocycles. The van der Waals surface area contributed by atoms with E-state index in [1.165, 1.54) is 0 Å². The number of aromatic nitrogens is 4. The summed E-state index contributed by atoms with van der Waals surface area (Å²) in [5.74, 6) is 4.53. The molecule has 1 unspecified atom stereocenters. The lowest BCUT2D eigenvalue weighted by Crippen LogP contribution is -2.30. The van der Waals surface area contributed by atoms with Gasteiger partial charge in [0.05, 0.1) is 31.8 Å². The third-order valence-electron chi connectivity index (χ3n) is 5.20. The number of amidine groups is 1. The van der Waals surface area contributed by atoms with Crippen molar-refractivity contribution in [1.82, 2.24) is 25.1 Å². The molecule has 0 radical (unpaired) electrons. The van der Waals surface area contributed by atoms with Gasteiger partial charge in [-0.05, 0) is 62.2 Å². The summed E-state index contributed by atoms with van der Waals surface area (Å²) in [6.07, 6.45) is 8.49. The summed E-state index contributed by atoms with van der Waals surface area (Å²) in [6, 6.07) is 9.77. The summed E-state index contributed by atoms with van der Waals surface area (Å²) < 4.78 is 12.6. The number of benzene rings is 1. The standard InChI is InChI=1S/C25H28N6O2.C2H6/c1-16-6-8-20(26-15-16)9-10-21-14-25(28-17(2)27-21)31-24(29-18(3)30-31)13-19-7-11-22(32-4)23(12-19)33-5;1-2/h6-12,14-15,21H,13H2,1-5H3,(H,27,28);1-2H3/b10-9+;. The monoisotopic (exact) mass is 474 g/mol. The van der Waals surface area contributed by atoms with Crippen LogP contribution in [0.25, 0.3) is 11.9 Å². The summed E-state index contributed by atoms with van der Waals surface area (Å²) in [5.41, 5.74) is 3.08. The van der Waals surface area contributed by atoms with Crippen molar-refractivity contribution in [2.75, 3.05) is 14.2 Å². The largest absolute Gasteiger partial charge is 0.493 e. The fourth-order valence-corrected chi connectivity index (χ4v) is 3.62. The number of hydrogen-bond acceptors (Lipinski definition) is 7. The van der Waals surface area contributed by atoms with Crippen LogP contribution in [0.1, 0.15) is 49.2 Å². The molecule has 1 aliphatic rings. The van der Waals surface area contributed by atoms with Crippen molar-refractivity contribution in [2.45, 2.75) is 47.1 Å². The first-order valence-electron chi connectivity index (χ1n) is 11.7. The lowest BCUT2D eigenvalue weighted by Gasteiger charge is -2.19. The Kier molecular flexibility index (Phi) is 8.78. The van der Waals surface area contributed by atoms with E-state index in [4.69, 9.17) is 9.47 Å². The molecule has 1 aromatic carbocycles. The number of pyridine rings is 1. The Bertz CT molecular complexity index is 1220. The minimum absolute atomic E-state index is 0.136. The second kappa shape index (κ2) is 12.0. The number of nitrogens with zero attached hydrogens (tertiary/aromatic N) is 5. The Hall–Kier alpha value is -3.94. The lowest BCUT2D eigenvalue weighted by molar-refractivity contribution is 0.354. The van der Waals surface area contributed by atoms with E-state index in [1.54, 1.807) is 14.2 Å². The fraction of sp³-hybridized carbons (Fsp3) is 0.333. The molecule has 35 heavy (non-hydrogen) atoms. The van der Waals surface area contributed by atoms with Gasteiger partial charge in [0, 0.05) is 12.6 Å². The predicted molar refractivity (Wildman–Crippen MR) is 141 cm³/mol. The highest BCUT2D eigenvalue weighted by molar-refractivity contribution is 5.88. The van der Waals surface area contributed by atoms with Gasteiger partial charge in [-0.2, -0.15) is 0 Å². The smallest absolute Gasteiger partial charge is 0.161 e. The van der Waals surface area contributed by atoms with E-state index < -0.39 is 0 Å². The van der Waals surface area contributed by atoms with Gasteiger partial charge in [-0.3, -0.25) is 9.98 Å². The second-order valence-electron chi connectivity index (χ2n) is 7.85. The maximum Gasteiger partial charge on any atom is 0.161 e. The Morgan fingerprint density at radius 1 is 1.03 bits per heavy atom. The molecule has 0 spiro atoms. The zero-order valence-electron chi connectivity index (χ0n) is 21.5. The van der Waals surface area contributed by atoms with Gasteiger partial charge in [0.1, 0.15) is 17.5 Å². The van der Waals surface area contributed by atoms with Crippen molar-refractivity contribution < 1.29 is 9.47 Å². The van der Waals surface area contributed by atoms with Gasteiger partial charge in [-0.15, -0.1) is 5.10 Å². The van der Waals surface area contributed by atoms with Crippen LogP contribution in [-0.2, 0) is 6.42 Å². The first kappa shape index (κ1) is 25.7. The molecule has 0 bridgehead atoms. The number of aryl methyl sites for hydroxylation is 2. The van der Waals surface area contributed by atoms with Crippen LogP contribution in [-0.4, -0.2) is 45.8 Å². The molecule has 0 fully saturated rings. The van der Waals surface area contributed by atoms with Crippen LogP contribution in [0.4, 0.5) is 0 Å². The first-order chi connectivity index (χ1) is 16.9. The lowest BCUT2D eigenvalue weighted by atomic mass is 10.1. The maximum atomic E-state index is 5.44. The molecule has 1 aliphatic heterocycles. The minimum Gasteiger partial charge on any atom is -0.493 e. The van der Waals surface area contributed by atoms with E-state index in [9.17, 15) is 0 Å². The molecule has 0 saturated heterocycles. The van der Waals surface area contributed by atoms with E-state index >= 15 is 0 Å². The van der Waals surface area contributed by atoms with Crippen LogP contribution >= 0.6 is 0 Å². The Morgan fingerprint density at radius 3 is 2.49 bits per heavy atom. The molecule has 0 aliphatic carbocycles. The summed E-state index contributed by atoms with van der Waals surface area (Å²) in [7, 11) is 3.26. The number of nitrogens with one attached hydrogen (secondary N) is 1. The summed E-state index contributed by atoms with van der Waals surface area (Å²) >= 11 is 0. The number of hydrogen-bond donors (Lipinski definition) is 1. The molecule has 8 heteroatoms. The predicted octanol–water partition coefficient (Wildman–Crippen LogP) is 4.83. The summed E-state index contributed by atoms with van der Waals surface area (Å²) in [4.78, 5) is 13.8. The average molecular weight is 475 g/mol. The first-order valence-corrected chi connectivity index (χ1v) is 11.7. The van der Waals surface area contributed by atoms with Gasteiger partial charge in [0.25, 0.3) is 0 Å². The van der Waals surface area contributed by atoms with Gasteiger partial charge < -0.3 is 14.8 Å². The Morgan fingerprint density at radius 2 is 1.80 bits per heavy atom. The highest BCUT2D eigenvalue weighted by Crippen LogP contribution is 2.28. The van der Waals surface area contributed by atoms with Crippen LogP contribution in [0.5, 0.6) is 11.5 Å². The fourth-order valence-electron chi connectivity index (χ4n) is 3.62. The molecule has 184 valence electrons. The highest BCUT2D eigenvalue weighted by Gasteiger charge is 2.18. The summed E-state index contributed by atoms with van der Waals surface area (Å²) in [6.45, 7) is 9.85. The molecule has 1 atom stereocenters. The van der Waals surface area contributed by atoms with Gasteiger partial charge >= 0.3 is 0 Å². The molecular weight excluding hydrogens is 440 g/mol. The zero-order valence-corrected chi connectivity index (χ0v) is 21.5. The maximum absolute atomic E-state index is 5.44. The SMILES string of the molecule is CC.COc1ccc(Cc2nc(C)nn2C2=CC(/C=C/c3ccc(C)cn3)N=C(C)N2)cc1OC. The van der Waals surface area contributed by atoms with E-state index in [-0.39, 0.29) is 6.04 Å². The molecule has 0 saturated carbocycles. The molecule has 0 amide bonds. The normalized spacial score (nSPS) is 15.0. The minimum atomic E-state index is -0.136. The number of aliphatic imine (C=N–C) groups is 1. The van der Waals surface area contributed by atoms with Crippen molar-refractivity contribution in [2.24, 2.45) is 4.99 Å². The van der Waals surface area contributed by atoms with Gasteiger partial charge in [-0.25, -0.2) is 9.67 Å². The molecule has 1 N–H and O–H groups in total. The Balaban J connectivity index is 0.00000167. The highest BCUT2D eigenvalue weighted by atomic mass is 16.5. The van der Waals surface area contributed by atoms with E-state index in [0.29, 0.717) is 23.7 Å². The number of ether oxygens (including phenoxy) is 2. The topological polar surface area (TPSA) is 86.5 Å². The van der Waals surface area contributed by atoms with Gasteiger partial charge in [0.2, 0.25) is 0 Å². The molecule has 4 rings (SSSR count). The van der Waals surface area contributed by atoms with Crippen LogP contribution < -0.4 is 14.8 Å². The van der Waals surface area contributed by atoms with Crippen LogP contribution in [0.2, 0.25) is 0 Å².